The first-order valence-corrected chi connectivity index (χ1v) is 11.0. The molecule has 8 nitrogen and oxygen atoms in total. The fraction of sp³-hybridized carbons (Fsp3) is 0.292. The highest BCUT2D eigenvalue weighted by molar-refractivity contribution is 6.01. The van der Waals surface area contributed by atoms with E-state index >= 15 is 8.78 Å². The van der Waals surface area contributed by atoms with E-state index in [0.29, 0.717) is 24.4 Å². The minimum Gasteiger partial charge on any atom is -0.477 e. The van der Waals surface area contributed by atoms with Gasteiger partial charge in [-0.05, 0) is 25.1 Å². The summed E-state index contributed by atoms with van der Waals surface area (Å²) in [6.07, 6.45) is 1.07. The van der Waals surface area contributed by atoms with Crippen LogP contribution in [0.1, 0.15) is 22.8 Å². The lowest BCUT2D eigenvalue weighted by Gasteiger charge is -2.36. The predicted octanol–water partition coefficient (Wildman–Crippen LogP) is 3.14. The van der Waals surface area contributed by atoms with Crippen molar-refractivity contribution >= 4 is 28.3 Å². The van der Waals surface area contributed by atoms with Crippen LogP contribution >= 0.6 is 0 Å². The van der Waals surface area contributed by atoms with Gasteiger partial charge in [0.25, 0.3) is 0 Å². The van der Waals surface area contributed by atoms with Gasteiger partial charge in [-0.25, -0.2) is 18.0 Å². The van der Waals surface area contributed by atoms with E-state index in [9.17, 15) is 24.3 Å². The second kappa shape index (κ2) is 9.79. The molecule has 35 heavy (non-hydrogen) atoms. The topological polar surface area (TPSA) is 98.4 Å². The van der Waals surface area contributed by atoms with Gasteiger partial charge in [-0.2, -0.15) is 0 Å². The second-order valence-electron chi connectivity index (χ2n) is 8.20. The van der Waals surface area contributed by atoms with E-state index < -0.39 is 34.4 Å². The van der Waals surface area contributed by atoms with Crippen molar-refractivity contribution in [3.05, 3.63) is 75.3 Å². The van der Waals surface area contributed by atoms with Gasteiger partial charge in [0.2, 0.25) is 5.43 Å². The van der Waals surface area contributed by atoms with Crippen LogP contribution in [0.4, 0.5) is 18.9 Å². The third kappa shape index (κ3) is 4.59. The molecule has 0 amide bonds. The number of nitrogens with zero attached hydrogens (tertiary/aromatic N) is 4. The maximum atomic E-state index is 15.6. The number of halogens is 3. The molecule has 4 rings (SSSR count). The lowest BCUT2D eigenvalue weighted by molar-refractivity contribution is 0.0694. The van der Waals surface area contributed by atoms with Crippen molar-refractivity contribution in [3.8, 4) is 0 Å². The van der Waals surface area contributed by atoms with E-state index in [1.54, 1.807) is 6.92 Å². The fourth-order valence-electron chi connectivity index (χ4n) is 4.33. The van der Waals surface area contributed by atoms with Gasteiger partial charge < -0.3 is 19.8 Å². The number of carboxylic acids is 1. The second-order valence-corrected chi connectivity index (χ2v) is 8.20. The molecule has 1 fully saturated rings. The first-order valence-electron chi connectivity index (χ1n) is 11.0. The summed E-state index contributed by atoms with van der Waals surface area (Å²) in [7, 11) is 0. The van der Waals surface area contributed by atoms with Crippen molar-refractivity contribution in [1.82, 2.24) is 9.47 Å². The molecular formula is C24H23F3N4O4. The smallest absolute Gasteiger partial charge is 0.341 e. The summed E-state index contributed by atoms with van der Waals surface area (Å²) in [4.78, 5) is 27.4. The van der Waals surface area contributed by atoms with Gasteiger partial charge >= 0.3 is 5.97 Å². The molecule has 3 aromatic rings. The zero-order valence-electron chi connectivity index (χ0n) is 18.8. The van der Waals surface area contributed by atoms with E-state index in [1.165, 1.54) is 33.7 Å². The highest BCUT2D eigenvalue weighted by Gasteiger charge is 2.27. The van der Waals surface area contributed by atoms with Gasteiger partial charge in [-0.3, -0.25) is 9.69 Å². The van der Waals surface area contributed by atoms with Crippen LogP contribution in [0.25, 0.3) is 10.9 Å². The Bertz CT molecular complexity index is 1360. The normalized spacial score (nSPS) is 15.1. The molecular weight excluding hydrogens is 465 g/mol. The van der Waals surface area contributed by atoms with Crippen molar-refractivity contribution in [2.24, 2.45) is 5.16 Å². The number of benzene rings is 2. The van der Waals surface area contributed by atoms with Crippen LogP contribution in [0.5, 0.6) is 0 Å². The van der Waals surface area contributed by atoms with Crippen molar-refractivity contribution < 1.29 is 28.3 Å². The number of hydrogen-bond acceptors (Lipinski definition) is 6. The van der Waals surface area contributed by atoms with Crippen LogP contribution in [-0.4, -0.2) is 64.2 Å². The lowest BCUT2D eigenvalue weighted by atomic mass is 10.1. The number of carboxylic acid groups (broad SMARTS) is 1. The summed E-state index contributed by atoms with van der Waals surface area (Å²) < 4.78 is 45.1. The van der Waals surface area contributed by atoms with E-state index in [-0.39, 0.29) is 42.8 Å². The third-order valence-electron chi connectivity index (χ3n) is 6.16. The Morgan fingerprint density at radius 1 is 1.09 bits per heavy atom. The molecule has 1 aromatic heterocycles. The molecule has 1 aliphatic heterocycles. The Hall–Kier alpha value is -3.86. The summed E-state index contributed by atoms with van der Waals surface area (Å²) in [5.74, 6) is -3.75. The average Bonchev–Trinajstić information content (AvgIpc) is 2.84. The largest absolute Gasteiger partial charge is 0.477 e. The molecule has 1 aliphatic rings. The van der Waals surface area contributed by atoms with Gasteiger partial charge in [0.15, 0.2) is 5.82 Å². The minimum atomic E-state index is -1.47. The number of fused-ring (bicyclic) bond motifs is 1. The van der Waals surface area contributed by atoms with Gasteiger partial charge in [0.1, 0.15) is 28.6 Å². The SMILES string of the molecule is CCn1cc(C(=O)O)c(=O)c2cc(F)c(N3CCN(CC(=NO)c4ccc(F)cc4)CC3)c(F)c21. The van der Waals surface area contributed by atoms with E-state index in [1.807, 2.05) is 4.90 Å². The lowest BCUT2D eigenvalue weighted by Crippen LogP contribution is -2.48. The zero-order chi connectivity index (χ0) is 25.3. The molecule has 0 radical (unpaired) electrons. The van der Waals surface area contributed by atoms with Crippen molar-refractivity contribution in [2.75, 3.05) is 37.6 Å². The maximum Gasteiger partial charge on any atom is 0.341 e. The first-order chi connectivity index (χ1) is 16.7. The van der Waals surface area contributed by atoms with E-state index in [4.69, 9.17) is 0 Å². The Morgan fingerprint density at radius 2 is 1.74 bits per heavy atom. The number of piperazine rings is 1. The zero-order valence-corrected chi connectivity index (χ0v) is 18.8. The number of hydrogen-bond donors (Lipinski definition) is 2. The molecule has 0 spiro atoms. The molecule has 0 aliphatic carbocycles. The highest BCUT2D eigenvalue weighted by Crippen LogP contribution is 2.31. The van der Waals surface area contributed by atoms with E-state index in [2.05, 4.69) is 5.16 Å². The van der Waals surface area contributed by atoms with Crippen molar-refractivity contribution in [3.63, 3.8) is 0 Å². The van der Waals surface area contributed by atoms with Crippen LogP contribution in [0.2, 0.25) is 0 Å². The van der Waals surface area contributed by atoms with Crippen LogP contribution in [0, 0.1) is 17.5 Å². The molecule has 1 saturated heterocycles. The summed E-state index contributed by atoms with van der Waals surface area (Å²) >= 11 is 0. The predicted molar refractivity (Wildman–Crippen MR) is 124 cm³/mol. The number of oxime groups is 1. The number of anilines is 1. The quantitative estimate of drug-likeness (QED) is 0.314. The Kier molecular flexibility index (Phi) is 6.79. The molecule has 2 heterocycles. The highest BCUT2D eigenvalue weighted by atomic mass is 19.1. The number of aromatic carboxylic acids is 1. The number of aromatic nitrogens is 1. The van der Waals surface area contributed by atoms with Gasteiger partial charge in [0, 0.05) is 51.0 Å². The van der Waals surface area contributed by atoms with Crippen LogP contribution in [-0.2, 0) is 6.54 Å². The minimum absolute atomic E-state index is 0.146. The molecule has 0 atom stereocenters. The molecule has 184 valence electrons. The molecule has 0 bridgehead atoms. The average molecular weight is 488 g/mol. The summed E-state index contributed by atoms with van der Waals surface area (Å²) in [6, 6.07) is 6.43. The van der Waals surface area contributed by atoms with Crippen molar-refractivity contribution in [2.45, 2.75) is 13.5 Å². The van der Waals surface area contributed by atoms with Gasteiger partial charge in [-0.15, -0.1) is 0 Å². The molecule has 0 unspecified atom stereocenters. The monoisotopic (exact) mass is 488 g/mol. The third-order valence-corrected chi connectivity index (χ3v) is 6.16. The summed E-state index contributed by atoms with van der Waals surface area (Å²) in [5.41, 5.74) is -1.03. The standard InChI is InChI=1S/C24H23F3N4O4/c1-2-30-12-17(24(33)34)23(32)16-11-18(26)22(20(27)21(16)30)31-9-7-29(8-10-31)13-19(28-35)14-3-5-15(25)6-4-14/h3-6,11-12,35H,2,7-10,13H2,1H3,(H,33,34). The van der Waals surface area contributed by atoms with Crippen LogP contribution in [0.15, 0.2) is 46.5 Å². The Morgan fingerprint density at radius 3 is 2.31 bits per heavy atom. The van der Waals surface area contributed by atoms with Gasteiger partial charge in [-0.1, -0.05) is 17.3 Å². The first kappa shape index (κ1) is 24.3. The number of aryl methyl sites for hydroxylation is 1. The number of rotatable bonds is 6. The Balaban J connectivity index is 1.59. The van der Waals surface area contributed by atoms with Crippen LogP contribution < -0.4 is 10.3 Å². The van der Waals surface area contributed by atoms with Crippen LogP contribution in [0.3, 0.4) is 0 Å². The number of pyridine rings is 1. The van der Waals surface area contributed by atoms with E-state index in [0.717, 1.165) is 12.3 Å². The van der Waals surface area contributed by atoms with Gasteiger partial charge in [0.05, 0.1) is 10.9 Å². The molecule has 11 heteroatoms. The van der Waals surface area contributed by atoms with Crippen molar-refractivity contribution in [1.29, 1.82) is 0 Å². The molecule has 2 N–H and O–H groups in total. The summed E-state index contributed by atoms with van der Waals surface area (Å²) in [6.45, 7) is 3.41. The maximum absolute atomic E-state index is 15.6. The fourth-order valence-corrected chi connectivity index (χ4v) is 4.33. The Labute approximate surface area is 198 Å². The molecule has 0 saturated carbocycles. The molecule has 2 aromatic carbocycles. The number of carbonyl (C=O) groups is 1. The summed E-state index contributed by atoms with van der Waals surface area (Å²) in [5, 5.41) is 21.7.